The summed E-state index contributed by atoms with van der Waals surface area (Å²) >= 11 is 0. The number of benzene rings is 2. The minimum Gasteiger partial charge on any atom is -0.489 e. The molecule has 13 nitrogen and oxygen atoms in total. The van der Waals surface area contributed by atoms with Crippen molar-refractivity contribution < 1.29 is 46.7 Å². The molecule has 0 radical (unpaired) electrons. The second kappa shape index (κ2) is 15.1. The highest BCUT2D eigenvalue weighted by atomic mass is 32.2. The lowest BCUT2D eigenvalue weighted by Gasteiger charge is -2.31. The van der Waals surface area contributed by atoms with Gasteiger partial charge in [0.15, 0.2) is 11.5 Å². The highest BCUT2D eigenvalue weighted by Gasteiger charge is 2.44. The molecule has 258 valence electrons. The number of aliphatic hydroxyl groups excluding tert-OH is 1. The monoisotopic (exact) mass is 683 g/mol. The second-order valence-electron chi connectivity index (χ2n) is 12.6. The molecule has 48 heavy (non-hydrogen) atoms. The molecule has 2 N–H and O–H groups in total. The molecule has 4 heterocycles. The van der Waals surface area contributed by atoms with Crippen molar-refractivity contribution in [2.45, 2.75) is 56.1 Å². The van der Waals surface area contributed by atoms with Crippen LogP contribution in [0.4, 0.5) is 4.79 Å². The number of ether oxygens (including phenoxy) is 6. The Labute approximate surface area is 280 Å². The van der Waals surface area contributed by atoms with Gasteiger partial charge < -0.3 is 38.8 Å². The van der Waals surface area contributed by atoms with Crippen LogP contribution in [-0.2, 0) is 37.3 Å². The summed E-state index contributed by atoms with van der Waals surface area (Å²) in [6.07, 6.45) is 0.958. The Bertz CT molecular complexity index is 1640. The standard InChI is InChI=1S/C34H41N3O10S/c1-22(2)15-37(48(40,41)26-7-8-30-31(14-26)46-21-45-30)16-29(38)28(36-34(39)47-33-20-44-32-19-42-18-27(32)33)13-23-3-5-25(6-4-23)43-17-24-9-11-35-12-10-24/h3-12,14,22,27-29,32-33,38H,13,15-21H2,1-2H3,(H,36,39)/t27-,28+,29-,32+,33+/m1/s1. The first kappa shape index (κ1) is 33.9. The number of alkyl carbamates (subject to hydrolysis) is 1. The molecule has 0 spiro atoms. The van der Waals surface area contributed by atoms with Crippen molar-refractivity contribution in [2.24, 2.45) is 11.8 Å². The number of nitrogens with one attached hydrogen (secondary N) is 1. The predicted molar refractivity (Wildman–Crippen MR) is 172 cm³/mol. The molecule has 2 saturated heterocycles. The van der Waals surface area contributed by atoms with Gasteiger partial charge in [-0.15, -0.1) is 0 Å². The fourth-order valence-corrected chi connectivity index (χ4v) is 7.60. The topological polar surface area (TPSA) is 155 Å². The van der Waals surface area contributed by atoms with Crippen LogP contribution >= 0.6 is 0 Å². The van der Waals surface area contributed by atoms with Crippen molar-refractivity contribution in [1.29, 1.82) is 0 Å². The van der Waals surface area contributed by atoms with E-state index in [2.05, 4.69) is 10.3 Å². The van der Waals surface area contributed by atoms with E-state index in [-0.39, 0.29) is 55.7 Å². The normalized spacial score (nSPS) is 21.2. The smallest absolute Gasteiger partial charge is 0.407 e. The van der Waals surface area contributed by atoms with Gasteiger partial charge in [0.25, 0.3) is 0 Å². The van der Waals surface area contributed by atoms with E-state index in [1.165, 1.54) is 16.4 Å². The molecule has 2 aromatic carbocycles. The Morgan fingerprint density at radius 1 is 1.00 bits per heavy atom. The van der Waals surface area contributed by atoms with E-state index in [0.29, 0.717) is 37.1 Å². The SMILES string of the molecule is CC(C)CN(C[C@@H](O)[C@H](Cc1ccc(OCc2ccncc2)cc1)NC(=O)O[C@H]1CO[C@H]2COC[C@H]21)S(=O)(=O)c1ccc2c(c1)OCO2. The molecule has 3 aliphatic rings. The molecule has 3 aromatic rings. The first-order valence-corrected chi connectivity index (χ1v) is 17.4. The number of rotatable bonds is 14. The van der Waals surface area contributed by atoms with E-state index in [1.54, 1.807) is 18.5 Å². The molecule has 5 atom stereocenters. The average Bonchev–Trinajstić information content (AvgIpc) is 3.83. The Kier molecular flexibility index (Phi) is 10.7. The van der Waals surface area contributed by atoms with Crippen molar-refractivity contribution in [1.82, 2.24) is 14.6 Å². The summed E-state index contributed by atoms with van der Waals surface area (Å²) in [5.74, 6) is 1.33. The number of amides is 1. The van der Waals surface area contributed by atoms with E-state index in [0.717, 1.165) is 11.1 Å². The molecule has 0 bridgehead atoms. The Hall–Kier alpha value is -3.95. The molecular weight excluding hydrogens is 642 g/mol. The average molecular weight is 684 g/mol. The third-order valence-corrected chi connectivity index (χ3v) is 10.4. The van der Waals surface area contributed by atoms with Gasteiger partial charge in [-0.1, -0.05) is 26.0 Å². The van der Waals surface area contributed by atoms with E-state index in [4.69, 9.17) is 28.4 Å². The summed E-state index contributed by atoms with van der Waals surface area (Å²) in [7, 11) is -4.07. The zero-order chi connectivity index (χ0) is 33.7. The minimum absolute atomic E-state index is 0.00988. The van der Waals surface area contributed by atoms with Gasteiger partial charge in [0.1, 0.15) is 18.5 Å². The van der Waals surface area contributed by atoms with Crippen LogP contribution in [0.3, 0.4) is 0 Å². The van der Waals surface area contributed by atoms with Crippen LogP contribution < -0.4 is 19.5 Å². The quantitative estimate of drug-likeness (QED) is 0.258. The van der Waals surface area contributed by atoms with Gasteiger partial charge in [0, 0.05) is 31.5 Å². The van der Waals surface area contributed by atoms with Crippen LogP contribution in [0.5, 0.6) is 17.2 Å². The summed E-state index contributed by atoms with van der Waals surface area (Å²) in [5, 5.41) is 14.5. The first-order chi connectivity index (χ1) is 23.2. The molecule has 6 rings (SSSR count). The van der Waals surface area contributed by atoms with Gasteiger partial charge in [-0.25, -0.2) is 13.2 Å². The van der Waals surface area contributed by atoms with Gasteiger partial charge in [0.05, 0.1) is 48.9 Å². The molecule has 0 aliphatic carbocycles. The molecule has 14 heteroatoms. The molecule has 3 aliphatic heterocycles. The third kappa shape index (κ3) is 8.18. The molecule has 0 saturated carbocycles. The summed E-state index contributed by atoms with van der Waals surface area (Å²) in [6.45, 7) is 5.18. The van der Waals surface area contributed by atoms with Crippen molar-refractivity contribution >= 4 is 16.1 Å². The van der Waals surface area contributed by atoms with Crippen molar-refractivity contribution in [3.05, 3.63) is 78.1 Å². The van der Waals surface area contributed by atoms with Crippen molar-refractivity contribution in [2.75, 3.05) is 39.7 Å². The summed E-state index contributed by atoms with van der Waals surface area (Å²) in [5.41, 5.74) is 1.77. The largest absolute Gasteiger partial charge is 0.489 e. The van der Waals surface area contributed by atoms with Crippen LogP contribution in [0.1, 0.15) is 25.0 Å². The number of hydrogen-bond donors (Lipinski definition) is 2. The lowest BCUT2D eigenvalue weighted by Crippen LogP contribution is -2.51. The van der Waals surface area contributed by atoms with E-state index >= 15 is 0 Å². The maximum absolute atomic E-state index is 13.9. The summed E-state index contributed by atoms with van der Waals surface area (Å²) in [4.78, 5) is 17.3. The maximum atomic E-state index is 13.9. The van der Waals surface area contributed by atoms with Crippen LogP contribution in [0, 0.1) is 11.8 Å². The lowest BCUT2D eigenvalue weighted by molar-refractivity contribution is 0.0271. The molecule has 0 unspecified atom stereocenters. The van der Waals surface area contributed by atoms with Crippen LogP contribution in [0.15, 0.2) is 71.9 Å². The summed E-state index contributed by atoms with van der Waals surface area (Å²) < 4.78 is 62.6. The molecule has 1 amide bonds. The van der Waals surface area contributed by atoms with E-state index < -0.39 is 34.4 Å². The zero-order valence-corrected chi connectivity index (χ0v) is 27.7. The van der Waals surface area contributed by atoms with E-state index in [9.17, 15) is 18.3 Å². The van der Waals surface area contributed by atoms with Gasteiger partial charge in [0.2, 0.25) is 16.8 Å². The van der Waals surface area contributed by atoms with Gasteiger partial charge in [-0.05, 0) is 59.9 Å². The second-order valence-corrected chi connectivity index (χ2v) is 14.5. The molecule has 1 aromatic heterocycles. The van der Waals surface area contributed by atoms with Crippen LogP contribution in [0.2, 0.25) is 0 Å². The number of hydrogen-bond acceptors (Lipinski definition) is 11. The summed E-state index contributed by atoms with van der Waals surface area (Å²) in [6, 6.07) is 14.6. The zero-order valence-electron chi connectivity index (χ0n) is 26.9. The van der Waals surface area contributed by atoms with Gasteiger partial charge in [-0.3, -0.25) is 4.98 Å². The highest BCUT2D eigenvalue weighted by Crippen LogP contribution is 2.35. The predicted octanol–water partition coefficient (Wildman–Crippen LogP) is 3.15. The number of pyridine rings is 1. The van der Waals surface area contributed by atoms with Crippen LogP contribution in [0.25, 0.3) is 0 Å². The Morgan fingerprint density at radius 2 is 1.77 bits per heavy atom. The van der Waals surface area contributed by atoms with E-state index in [1.807, 2.05) is 50.2 Å². The number of sulfonamides is 1. The van der Waals surface area contributed by atoms with Crippen LogP contribution in [-0.4, -0.2) is 93.0 Å². The maximum Gasteiger partial charge on any atom is 0.407 e. The number of fused-ring (bicyclic) bond motifs is 2. The van der Waals surface area contributed by atoms with Crippen molar-refractivity contribution in [3.8, 4) is 17.2 Å². The molecule has 2 fully saturated rings. The highest BCUT2D eigenvalue weighted by molar-refractivity contribution is 7.89. The number of aromatic nitrogens is 1. The lowest BCUT2D eigenvalue weighted by atomic mass is 10.0. The van der Waals surface area contributed by atoms with Crippen molar-refractivity contribution in [3.63, 3.8) is 0 Å². The first-order valence-electron chi connectivity index (χ1n) is 16.0. The number of carbonyl (C=O) groups is 1. The fourth-order valence-electron chi connectivity index (χ4n) is 5.96. The van der Waals surface area contributed by atoms with Gasteiger partial charge >= 0.3 is 6.09 Å². The number of nitrogens with zero attached hydrogens (tertiary/aromatic N) is 2. The Morgan fingerprint density at radius 3 is 2.54 bits per heavy atom. The fraction of sp³-hybridized carbons (Fsp3) is 0.471. The minimum atomic E-state index is -4.07. The third-order valence-electron chi connectivity index (χ3n) is 8.52. The van der Waals surface area contributed by atoms with Gasteiger partial charge in [-0.2, -0.15) is 4.31 Å². The molecular formula is C34H41N3O10S. The number of aliphatic hydroxyl groups is 1. The number of carbonyl (C=O) groups excluding carboxylic acids is 1. The Balaban J connectivity index is 1.18.